The number of halogens is 1. The molecule has 0 N–H and O–H groups in total. The third-order valence-corrected chi connectivity index (χ3v) is 3.04. The molecule has 0 aliphatic heterocycles. The SMILES string of the molecule is Cc1ccccc1-c1ccc(C=CC(C)(C)F)cc1. The van der Waals surface area contributed by atoms with Crippen molar-refractivity contribution in [3.8, 4) is 11.1 Å². The van der Waals surface area contributed by atoms with Gasteiger partial charge >= 0.3 is 0 Å². The predicted molar refractivity (Wildman–Crippen MR) is 80.8 cm³/mol. The average Bonchev–Trinajstić information content (AvgIpc) is 2.37. The van der Waals surface area contributed by atoms with Gasteiger partial charge < -0.3 is 0 Å². The fourth-order valence-corrected chi connectivity index (χ4v) is 1.96. The fourth-order valence-electron chi connectivity index (χ4n) is 1.96. The summed E-state index contributed by atoms with van der Waals surface area (Å²) in [4.78, 5) is 0. The van der Waals surface area contributed by atoms with Crippen LogP contribution >= 0.6 is 0 Å². The smallest absolute Gasteiger partial charge is 0.123 e. The van der Waals surface area contributed by atoms with Gasteiger partial charge in [-0.2, -0.15) is 0 Å². The Morgan fingerprint density at radius 1 is 0.947 bits per heavy atom. The quantitative estimate of drug-likeness (QED) is 0.685. The van der Waals surface area contributed by atoms with E-state index in [2.05, 4.69) is 31.2 Å². The highest BCUT2D eigenvalue weighted by Crippen LogP contribution is 2.24. The Labute approximate surface area is 114 Å². The zero-order valence-corrected chi connectivity index (χ0v) is 11.7. The second-order valence-electron chi connectivity index (χ2n) is 5.33. The number of aryl methyl sites for hydroxylation is 1. The van der Waals surface area contributed by atoms with E-state index in [0.29, 0.717) is 0 Å². The molecule has 2 aromatic rings. The number of hydrogen-bond donors (Lipinski definition) is 0. The topological polar surface area (TPSA) is 0 Å². The molecule has 0 unspecified atom stereocenters. The first-order chi connectivity index (χ1) is 8.96. The molecule has 0 spiro atoms. The van der Waals surface area contributed by atoms with Crippen molar-refractivity contribution in [1.29, 1.82) is 0 Å². The van der Waals surface area contributed by atoms with Gasteiger partial charge in [-0.15, -0.1) is 0 Å². The second-order valence-corrected chi connectivity index (χ2v) is 5.33. The van der Waals surface area contributed by atoms with Crippen LogP contribution in [0.15, 0.2) is 54.6 Å². The van der Waals surface area contributed by atoms with Gasteiger partial charge in [0.05, 0.1) is 0 Å². The van der Waals surface area contributed by atoms with E-state index in [4.69, 9.17) is 0 Å². The Bertz CT molecular complexity index is 571. The Morgan fingerprint density at radius 2 is 1.58 bits per heavy atom. The molecule has 0 saturated heterocycles. The minimum atomic E-state index is -1.27. The molecule has 0 heterocycles. The Hall–Kier alpha value is -1.89. The first-order valence-electron chi connectivity index (χ1n) is 6.50. The van der Waals surface area contributed by atoms with E-state index in [-0.39, 0.29) is 0 Å². The van der Waals surface area contributed by atoms with Crippen molar-refractivity contribution in [3.05, 3.63) is 65.7 Å². The van der Waals surface area contributed by atoms with Crippen LogP contribution in [0, 0.1) is 6.92 Å². The summed E-state index contributed by atoms with van der Waals surface area (Å²) in [6, 6.07) is 16.5. The van der Waals surface area contributed by atoms with Gasteiger partial charge in [-0.1, -0.05) is 54.6 Å². The number of benzene rings is 2. The molecule has 0 radical (unpaired) electrons. The molecular weight excluding hydrogens is 235 g/mol. The van der Waals surface area contributed by atoms with Crippen LogP contribution in [0.25, 0.3) is 17.2 Å². The molecule has 0 fully saturated rings. The van der Waals surface area contributed by atoms with Crippen molar-refractivity contribution in [3.63, 3.8) is 0 Å². The summed E-state index contributed by atoms with van der Waals surface area (Å²) in [5, 5.41) is 0. The van der Waals surface area contributed by atoms with E-state index < -0.39 is 5.67 Å². The maximum Gasteiger partial charge on any atom is 0.123 e. The minimum Gasteiger partial charge on any atom is -0.240 e. The predicted octanol–water partition coefficient (Wildman–Crippen LogP) is 5.42. The number of rotatable bonds is 3. The third-order valence-electron chi connectivity index (χ3n) is 3.04. The summed E-state index contributed by atoms with van der Waals surface area (Å²) in [6.07, 6.45) is 3.40. The van der Waals surface area contributed by atoms with Crippen LogP contribution in [0.4, 0.5) is 4.39 Å². The van der Waals surface area contributed by atoms with E-state index in [1.54, 1.807) is 19.9 Å². The highest BCUT2D eigenvalue weighted by molar-refractivity contribution is 5.68. The molecule has 98 valence electrons. The highest BCUT2D eigenvalue weighted by atomic mass is 19.1. The molecule has 2 rings (SSSR count). The van der Waals surface area contributed by atoms with Crippen LogP contribution in [0.3, 0.4) is 0 Å². The van der Waals surface area contributed by atoms with Crippen molar-refractivity contribution >= 4 is 6.08 Å². The van der Waals surface area contributed by atoms with Gasteiger partial charge in [-0.25, -0.2) is 4.39 Å². The summed E-state index contributed by atoms with van der Waals surface area (Å²) < 4.78 is 13.4. The number of alkyl halides is 1. The highest BCUT2D eigenvalue weighted by Gasteiger charge is 2.09. The molecule has 0 bridgehead atoms. The Balaban J connectivity index is 2.25. The van der Waals surface area contributed by atoms with Crippen LogP contribution in [0.1, 0.15) is 25.0 Å². The molecule has 0 atom stereocenters. The molecule has 0 aromatic heterocycles. The molecule has 0 nitrogen and oxygen atoms in total. The van der Waals surface area contributed by atoms with Crippen LogP contribution in [-0.4, -0.2) is 5.67 Å². The van der Waals surface area contributed by atoms with E-state index >= 15 is 0 Å². The fraction of sp³-hybridized carbons (Fsp3) is 0.222. The maximum absolute atomic E-state index is 13.4. The zero-order valence-electron chi connectivity index (χ0n) is 11.7. The summed E-state index contributed by atoms with van der Waals surface area (Å²) in [6.45, 7) is 5.20. The zero-order chi connectivity index (χ0) is 13.9. The first-order valence-corrected chi connectivity index (χ1v) is 6.50. The number of hydrogen-bond acceptors (Lipinski definition) is 0. The van der Waals surface area contributed by atoms with Crippen LogP contribution < -0.4 is 0 Å². The largest absolute Gasteiger partial charge is 0.240 e. The van der Waals surface area contributed by atoms with E-state index in [0.717, 1.165) is 5.56 Å². The Morgan fingerprint density at radius 3 is 2.16 bits per heavy atom. The van der Waals surface area contributed by atoms with Crippen molar-refractivity contribution in [2.75, 3.05) is 0 Å². The van der Waals surface area contributed by atoms with E-state index in [1.807, 2.05) is 30.3 Å². The summed E-state index contributed by atoms with van der Waals surface area (Å²) in [5.74, 6) is 0. The lowest BCUT2D eigenvalue weighted by atomic mass is 9.99. The van der Waals surface area contributed by atoms with E-state index in [1.165, 1.54) is 16.7 Å². The van der Waals surface area contributed by atoms with Crippen LogP contribution in [-0.2, 0) is 0 Å². The second kappa shape index (κ2) is 5.40. The molecule has 0 aliphatic rings. The van der Waals surface area contributed by atoms with Gasteiger partial charge in [-0.05, 0) is 49.1 Å². The number of allylic oxidation sites excluding steroid dienone is 1. The van der Waals surface area contributed by atoms with Crippen LogP contribution in [0.2, 0.25) is 0 Å². The standard InChI is InChI=1S/C18H19F/c1-14-6-4-5-7-17(14)16-10-8-15(9-11-16)12-13-18(2,3)19/h4-13H,1-3H3. The van der Waals surface area contributed by atoms with Crippen molar-refractivity contribution in [2.24, 2.45) is 0 Å². The molecule has 2 aromatic carbocycles. The molecule has 1 heteroatoms. The lowest BCUT2D eigenvalue weighted by Crippen LogP contribution is -2.05. The van der Waals surface area contributed by atoms with Crippen molar-refractivity contribution < 1.29 is 4.39 Å². The lowest BCUT2D eigenvalue weighted by molar-refractivity contribution is 0.288. The molecular formula is C18H19F. The van der Waals surface area contributed by atoms with Gasteiger partial charge in [0.15, 0.2) is 0 Å². The molecule has 19 heavy (non-hydrogen) atoms. The summed E-state index contributed by atoms with van der Waals surface area (Å²) in [7, 11) is 0. The van der Waals surface area contributed by atoms with Gasteiger partial charge in [0.1, 0.15) is 5.67 Å². The van der Waals surface area contributed by atoms with Crippen molar-refractivity contribution in [2.45, 2.75) is 26.4 Å². The third kappa shape index (κ3) is 3.78. The monoisotopic (exact) mass is 254 g/mol. The Kier molecular flexibility index (Phi) is 3.84. The van der Waals surface area contributed by atoms with Gasteiger partial charge in [0, 0.05) is 0 Å². The lowest BCUT2D eigenvalue weighted by Gasteiger charge is -2.08. The normalized spacial score (nSPS) is 12.0. The molecule has 0 amide bonds. The molecule has 0 saturated carbocycles. The van der Waals surface area contributed by atoms with Crippen molar-refractivity contribution in [1.82, 2.24) is 0 Å². The van der Waals surface area contributed by atoms with Gasteiger partial charge in [0.2, 0.25) is 0 Å². The first kappa shape index (κ1) is 13.5. The average molecular weight is 254 g/mol. The summed E-state index contributed by atoms with van der Waals surface area (Å²) in [5.41, 5.74) is 3.44. The molecule has 0 aliphatic carbocycles. The minimum absolute atomic E-state index is 1.02. The van der Waals surface area contributed by atoms with Crippen LogP contribution in [0.5, 0.6) is 0 Å². The van der Waals surface area contributed by atoms with Gasteiger partial charge in [0.25, 0.3) is 0 Å². The maximum atomic E-state index is 13.4. The summed E-state index contributed by atoms with van der Waals surface area (Å²) >= 11 is 0. The van der Waals surface area contributed by atoms with E-state index in [9.17, 15) is 4.39 Å². The van der Waals surface area contributed by atoms with Gasteiger partial charge in [-0.3, -0.25) is 0 Å².